The minimum atomic E-state index is -3.76. The third-order valence-electron chi connectivity index (χ3n) is 2.64. The molecule has 1 N–H and O–H groups in total. The third-order valence-corrected chi connectivity index (χ3v) is 4.39. The molecule has 0 aliphatic carbocycles. The number of hydrogen-bond donors (Lipinski definition) is 1. The first-order chi connectivity index (χ1) is 9.38. The van der Waals surface area contributed by atoms with Crippen molar-refractivity contribution in [3.63, 3.8) is 0 Å². The highest BCUT2D eigenvalue weighted by molar-refractivity contribution is 9.10. The Morgan fingerprint density at radius 2 is 1.80 bits per heavy atom. The minimum Gasteiger partial charge on any atom is -0.507 e. The maximum Gasteiger partial charge on any atom is 0.282 e. The molecule has 2 aromatic carbocycles. The largest absolute Gasteiger partial charge is 0.507 e. The fourth-order valence-electron chi connectivity index (χ4n) is 1.52. The number of aromatic hydroxyl groups is 1. The molecule has 0 aliphatic heterocycles. The van der Waals surface area contributed by atoms with Crippen LogP contribution in [-0.2, 0) is 10.0 Å². The van der Waals surface area contributed by atoms with E-state index in [4.69, 9.17) is 0 Å². The van der Waals surface area contributed by atoms with Gasteiger partial charge in [-0.1, -0.05) is 33.6 Å². The second-order valence-corrected chi connectivity index (χ2v) is 6.77. The Kier molecular flexibility index (Phi) is 4.25. The van der Waals surface area contributed by atoms with Crippen LogP contribution in [0.1, 0.15) is 11.1 Å². The summed E-state index contributed by atoms with van der Waals surface area (Å²) in [7, 11) is -3.76. The molecule has 0 saturated heterocycles. The molecule has 0 bridgehead atoms. The highest BCUT2D eigenvalue weighted by atomic mass is 79.9. The Bertz CT molecular complexity index is 752. The van der Waals surface area contributed by atoms with Gasteiger partial charge in [0.05, 0.1) is 11.1 Å². The SMILES string of the molecule is Cc1ccc(S(=O)(=O)/N=C/c2ccc(Br)cc2O)cc1. The lowest BCUT2D eigenvalue weighted by molar-refractivity contribution is 0.474. The van der Waals surface area contributed by atoms with Gasteiger partial charge in [0.2, 0.25) is 0 Å². The summed E-state index contributed by atoms with van der Waals surface area (Å²) in [6.07, 6.45) is 1.14. The molecule has 0 unspecified atom stereocenters. The zero-order valence-corrected chi connectivity index (χ0v) is 13.0. The Hall–Kier alpha value is -1.66. The van der Waals surface area contributed by atoms with Gasteiger partial charge in [0.1, 0.15) is 5.75 Å². The standard InChI is InChI=1S/C14H12BrNO3S/c1-10-2-6-13(7-3-10)20(18,19)16-9-11-4-5-12(15)8-14(11)17/h2-9,17H,1H3/b16-9+. The molecule has 0 fully saturated rings. The van der Waals surface area contributed by atoms with Gasteiger partial charge < -0.3 is 5.11 Å². The van der Waals surface area contributed by atoms with Gasteiger partial charge in [-0.05, 0) is 37.3 Å². The van der Waals surface area contributed by atoms with E-state index < -0.39 is 10.0 Å². The number of halogens is 1. The van der Waals surface area contributed by atoms with Crippen molar-refractivity contribution in [3.8, 4) is 5.75 Å². The van der Waals surface area contributed by atoms with Crippen LogP contribution in [0, 0.1) is 6.92 Å². The van der Waals surface area contributed by atoms with Gasteiger partial charge in [-0.3, -0.25) is 0 Å². The summed E-state index contributed by atoms with van der Waals surface area (Å²) in [5, 5.41) is 9.68. The quantitative estimate of drug-likeness (QED) is 0.861. The second-order valence-electron chi connectivity index (χ2n) is 4.23. The summed E-state index contributed by atoms with van der Waals surface area (Å²) in [5.74, 6) is -0.0396. The highest BCUT2D eigenvalue weighted by Gasteiger charge is 2.11. The van der Waals surface area contributed by atoms with Crippen LogP contribution in [0.25, 0.3) is 0 Å². The first-order valence-electron chi connectivity index (χ1n) is 5.74. The Morgan fingerprint density at radius 1 is 1.15 bits per heavy atom. The number of phenolic OH excluding ortho intramolecular Hbond substituents is 1. The monoisotopic (exact) mass is 353 g/mol. The molecule has 4 nitrogen and oxygen atoms in total. The number of benzene rings is 2. The van der Waals surface area contributed by atoms with Gasteiger partial charge in [-0.25, -0.2) is 0 Å². The molecule has 0 saturated carbocycles. The fourth-order valence-corrected chi connectivity index (χ4v) is 2.73. The fraction of sp³-hybridized carbons (Fsp3) is 0.0714. The zero-order chi connectivity index (χ0) is 14.8. The first-order valence-corrected chi connectivity index (χ1v) is 7.97. The van der Waals surface area contributed by atoms with Crippen LogP contribution in [-0.4, -0.2) is 19.7 Å². The molecule has 2 rings (SSSR count). The average Bonchev–Trinajstić information content (AvgIpc) is 2.38. The lowest BCUT2D eigenvalue weighted by atomic mass is 10.2. The highest BCUT2D eigenvalue weighted by Crippen LogP contribution is 2.21. The molecule has 0 amide bonds. The van der Waals surface area contributed by atoms with E-state index in [1.807, 2.05) is 6.92 Å². The van der Waals surface area contributed by atoms with E-state index in [0.717, 1.165) is 11.8 Å². The Labute approximate surface area is 126 Å². The summed E-state index contributed by atoms with van der Waals surface area (Å²) in [5.41, 5.74) is 1.31. The topological polar surface area (TPSA) is 66.7 Å². The van der Waals surface area contributed by atoms with Crippen molar-refractivity contribution in [3.05, 3.63) is 58.1 Å². The number of phenols is 1. The van der Waals surface area contributed by atoms with Crippen LogP contribution in [0.2, 0.25) is 0 Å². The molecule has 0 aliphatic rings. The van der Waals surface area contributed by atoms with Gasteiger partial charge in [0.15, 0.2) is 0 Å². The van der Waals surface area contributed by atoms with Crippen LogP contribution in [0.5, 0.6) is 5.75 Å². The van der Waals surface area contributed by atoms with Crippen molar-refractivity contribution in [1.29, 1.82) is 0 Å². The molecular formula is C14H12BrNO3S. The third kappa shape index (κ3) is 3.46. The lowest BCUT2D eigenvalue weighted by Gasteiger charge is -2.01. The molecule has 0 aromatic heterocycles. The minimum absolute atomic E-state index is 0.0396. The molecule has 20 heavy (non-hydrogen) atoms. The molecule has 2 aromatic rings. The van der Waals surface area contributed by atoms with E-state index in [0.29, 0.717) is 10.0 Å². The van der Waals surface area contributed by atoms with Crippen molar-refractivity contribution in [1.82, 2.24) is 0 Å². The van der Waals surface area contributed by atoms with E-state index in [1.165, 1.54) is 18.2 Å². The maximum absolute atomic E-state index is 12.0. The summed E-state index contributed by atoms with van der Waals surface area (Å²) >= 11 is 3.21. The van der Waals surface area contributed by atoms with Crippen molar-refractivity contribution in [2.75, 3.05) is 0 Å². The summed E-state index contributed by atoms with van der Waals surface area (Å²) in [4.78, 5) is 0.121. The van der Waals surface area contributed by atoms with Gasteiger partial charge in [-0.15, -0.1) is 0 Å². The summed E-state index contributed by atoms with van der Waals surface area (Å²) < 4.78 is 28.3. The Balaban J connectivity index is 2.32. The summed E-state index contributed by atoms with van der Waals surface area (Å²) in [6.45, 7) is 1.87. The molecule has 0 spiro atoms. The van der Waals surface area contributed by atoms with E-state index >= 15 is 0 Å². The maximum atomic E-state index is 12.0. The molecule has 0 radical (unpaired) electrons. The predicted molar refractivity (Wildman–Crippen MR) is 81.8 cm³/mol. The van der Waals surface area contributed by atoms with Crippen molar-refractivity contribution in [2.24, 2.45) is 4.40 Å². The van der Waals surface area contributed by atoms with Crippen molar-refractivity contribution in [2.45, 2.75) is 11.8 Å². The number of aryl methyl sites for hydroxylation is 1. The number of sulfonamides is 1. The summed E-state index contributed by atoms with van der Waals surface area (Å²) in [6, 6.07) is 11.2. The number of nitrogens with zero attached hydrogens (tertiary/aromatic N) is 1. The smallest absolute Gasteiger partial charge is 0.282 e. The van der Waals surface area contributed by atoms with Crippen LogP contribution in [0.4, 0.5) is 0 Å². The average molecular weight is 354 g/mol. The van der Waals surface area contributed by atoms with E-state index in [-0.39, 0.29) is 10.6 Å². The van der Waals surface area contributed by atoms with Crippen LogP contribution < -0.4 is 0 Å². The van der Waals surface area contributed by atoms with Gasteiger partial charge in [0.25, 0.3) is 10.0 Å². The molecule has 6 heteroatoms. The zero-order valence-electron chi connectivity index (χ0n) is 10.6. The van der Waals surface area contributed by atoms with E-state index in [1.54, 1.807) is 24.3 Å². The molecule has 0 heterocycles. The van der Waals surface area contributed by atoms with Gasteiger partial charge in [0, 0.05) is 10.0 Å². The first kappa shape index (κ1) is 14.7. The van der Waals surface area contributed by atoms with E-state index in [9.17, 15) is 13.5 Å². The normalized spacial score (nSPS) is 11.9. The molecular weight excluding hydrogens is 342 g/mol. The number of rotatable bonds is 3. The predicted octanol–water partition coefficient (Wildman–Crippen LogP) is 3.27. The van der Waals surface area contributed by atoms with Gasteiger partial charge in [-0.2, -0.15) is 12.8 Å². The van der Waals surface area contributed by atoms with E-state index in [2.05, 4.69) is 20.3 Å². The number of hydrogen-bond acceptors (Lipinski definition) is 3. The van der Waals surface area contributed by atoms with Crippen molar-refractivity contribution >= 4 is 32.2 Å². The molecule has 0 atom stereocenters. The lowest BCUT2D eigenvalue weighted by Crippen LogP contribution is -1.98. The van der Waals surface area contributed by atoms with Crippen LogP contribution >= 0.6 is 15.9 Å². The Morgan fingerprint density at radius 3 is 2.40 bits per heavy atom. The van der Waals surface area contributed by atoms with Crippen LogP contribution in [0.3, 0.4) is 0 Å². The molecule has 104 valence electrons. The van der Waals surface area contributed by atoms with Crippen molar-refractivity contribution < 1.29 is 13.5 Å². The second kappa shape index (κ2) is 5.76. The van der Waals surface area contributed by atoms with Crippen LogP contribution in [0.15, 0.2) is 56.2 Å². The van der Waals surface area contributed by atoms with Gasteiger partial charge >= 0.3 is 0 Å².